The van der Waals surface area contributed by atoms with Crippen molar-refractivity contribution in [2.24, 2.45) is 0 Å². The van der Waals surface area contributed by atoms with Gasteiger partial charge >= 0.3 is 5.97 Å². The van der Waals surface area contributed by atoms with Gasteiger partial charge in [0.05, 0.1) is 6.61 Å². The van der Waals surface area contributed by atoms with E-state index in [0.29, 0.717) is 6.61 Å². The number of unbranched alkanes of at least 4 members (excludes halogenated alkanes) is 3. The highest BCUT2D eigenvalue weighted by molar-refractivity contribution is 5.87. The van der Waals surface area contributed by atoms with Crippen molar-refractivity contribution in [2.75, 3.05) is 6.61 Å². The number of carbonyl (C=O) groups excluding carboxylic acids is 1. The number of hydrogen-bond acceptors (Lipinski definition) is 2. The summed E-state index contributed by atoms with van der Waals surface area (Å²) in [6, 6.07) is 0. The quantitative estimate of drug-likeness (QED) is 0.356. The fourth-order valence-electron chi connectivity index (χ4n) is 1.03. The molecule has 0 N–H and O–H groups in total. The number of hydrogen-bond donors (Lipinski definition) is 0. The number of rotatable bonds is 7. The molecule has 2 heteroatoms. The summed E-state index contributed by atoms with van der Waals surface area (Å²) < 4.78 is 5.07. The van der Waals surface area contributed by atoms with Gasteiger partial charge in [0.2, 0.25) is 0 Å². The lowest BCUT2D eigenvalue weighted by Gasteiger charge is -2.03. The monoisotopic (exact) mass is 198 g/mol. The summed E-state index contributed by atoms with van der Waals surface area (Å²) in [5.74, 6) is -0.158. The highest BCUT2D eigenvalue weighted by atomic mass is 16.5. The van der Waals surface area contributed by atoms with E-state index in [9.17, 15) is 4.79 Å². The van der Waals surface area contributed by atoms with Gasteiger partial charge < -0.3 is 4.74 Å². The molecule has 0 aliphatic carbocycles. The Kier molecular flexibility index (Phi) is 8.30. The van der Waals surface area contributed by atoms with Crippen LogP contribution in [0.4, 0.5) is 0 Å². The molecule has 14 heavy (non-hydrogen) atoms. The average Bonchev–Trinajstić information content (AvgIpc) is 2.18. The number of carbonyl (C=O) groups is 1. The minimum Gasteiger partial charge on any atom is -0.462 e. The summed E-state index contributed by atoms with van der Waals surface area (Å²) in [5, 5.41) is 0. The van der Waals surface area contributed by atoms with Crippen LogP contribution in [-0.2, 0) is 9.53 Å². The SMILES string of the molecule is CCCC/C=C(\C)C(=O)OCCCC. The van der Waals surface area contributed by atoms with Crippen LogP contribution in [-0.4, -0.2) is 12.6 Å². The van der Waals surface area contributed by atoms with Crippen molar-refractivity contribution in [3.05, 3.63) is 11.6 Å². The topological polar surface area (TPSA) is 26.3 Å². The zero-order valence-corrected chi connectivity index (χ0v) is 9.64. The van der Waals surface area contributed by atoms with E-state index in [1.54, 1.807) is 0 Å². The molecule has 0 amide bonds. The maximum atomic E-state index is 11.3. The molecule has 0 heterocycles. The molecule has 0 saturated heterocycles. The van der Waals surface area contributed by atoms with E-state index >= 15 is 0 Å². The molecular weight excluding hydrogens is 176 g/mol. The second-order valence-electron chi connectivity index (χ2n) is 3.52. The molecule has 0 saturated carbocycles. The molecule has 0 unspecified atom stereocenters. The minimum atomic E-state index is -0.158. The Balaban J connectivity index is 3.68. The Morgan fingerprint density at radius 3 is 2.43 bits per heavy atom. The predicted molar refractivity (Wildman–Crippen MR) is 59.1 cm³/mol. The zero-order chi connectivity index (χ0) is 10.8. The molecule has 0 aromatic heterocycles. The van der Waals surface area contributed by atoms with Crippen LogP contribution in [0.15, 0.2) is 11.6 Å². The van der Waals surface area contributed by atoms with Gasteiger partial charge in [-0.3, -0.25) is 0 Å². The van der Waals surface area contributed by atoms with Gasteiger partial charge in [0, 0.05) is 5.57 Å². The van der Waals surface area contributed by atoms with E-state index in [-0.39, 0.29) is 5.97 Å². The van der Waals surface area contributed by atoms with Crippen LogP contribution >= 0.6 is 0 Å². The first-order valence-corrected chi connectivity index (χ1v) is 5.56. The van der Waals surface area contributed by atoms with Gasteiger partial charge in [-0.1, -0.05) is 39.2 Å². The van der Waals surface area contributed by atoms with Crippen LogP contribution in [0.25, 0.3) is 0 Å². The smallest absolute Gasteiger partial charge is 0.333 e. The normalized spacial score (nSPS) is 11.5. The largest absolute Gasteiger partial charge is 0.462 e. The van der Waals surface area contributed by atoms with Crippen LogP contribution in [0, 0.1) is 0 Å². The first-order valence-electron chi connectivity index (χ1n) is 5.56. The Morgan fingerprint density at radius 2 is 1.86 bits per heavy atom. The lowest BCUT2D eigenvalue weighted by Crippen LogP contribution is -2.06. The van der Waals surface area contributed by atoms with Gasteiger partial charge in [0.15, 0.2) is 0 Å². The highest BCUT2D eigenvalue weighted by Crippen LogP contribution is 2.03. The van der Waals surface area contributed by atoms with E-state index in [2.05, 4.69) is 13.8 Å². The second kappa shape index (κ2) is 8.79. The van der Waals surface area contributed by atoms with E-state index < -0.39 is 0 Å². The van der Waals surface area contributed by atoms with Crippen LogP contribution in [0.2, 0.25) is 0 Å². The van der Waals surface area contributed by atoms with E-state index in [0.717, 1.165) is 37.7 Å². The Labute approximate surface area is 87.3 Å². The third-order valence-electron chi connectivity index (χ3n) is 2.06. The van der Waals surface area contributed by atoms with E-state index in [1.165, 1.54) is 0 Å². The van der Waals surface area contributed by atoms with Crippen LogP contribution < -0.4 is 0 Å². The van der Waals surface area contributed by atoms with Crippen molar-refractivity contribution in [3.8, 4) is 0 Å². The van der Waals surface area contributed by atoms with Gasteiger partial charge in [-0.05, 0) is 19.8 Å². The predicted octanol–water partition coefficient (Wildman–Crippen LogP) is 3.47. The molecule has 0 aliphatic rings. The summed E-state index contributed by atoms with van der Waals surface area (Å²) in [6.07, 6.45) is 7.26. The molecule has 0 aliphatic heterocycles. The Hall–Kier alpha value is -0.790. The molecule has 82 valence electrons. The molecule has 2 nitrogen and oxygen atoms in total. The van der Waals surface area contributed by atoms with Crippen molar-refractivity contribution >= 4 is 5.97 Å². The summed E-state index contributed by atoms with van der Waals surface area (Å²) in [4.78, 5) is 11.3. The van der Waals surface area contributed by atoms with Crippen LogP contribution in [0.5, 0.6) is 0 Å². The molecule has 0 atom stereocenters. The van der Waals surface area contributed by atoms with Crippen LogP contribution in [0.1, 0.15) is 52.9 Å². The summed E-state index contributed by atoms with van der Waals surface area (Å²) in [5.41, 5.74) is 0.745. The number of allylic oxidation sites excluding steroid dienone is 1. The maximum absolute atomic E-state index is 11.3. The van der Waals surface area contributed by atoms with Gasteiger partial charge in [0.1, 0.15) is 0 Å². The molecule has 0 aromatic rings. The lowest BCUT2D eigenvalue weighted by atomic mass is 10.2. The van der Waals surface area contributed by atoms with Crippen molar-refractivity contribution in [2.45, 2.75) is 52.9 Å². The molecule has 0 spiro atoms. The van der Waals surface area contributed by atoms with Crippen molar-refractivity contribution in [1.29, 1.82) is 0 Å². The maximum Gasteiger partial charge on any atom is 0.333 e. The van der Waals surface area contributed by atoms with Gasteiger partial charge in [-0.15, -0.1) is 0 Å². The van der Waals surface area contributed by atoms with Gasteiger partial charge in [0.25, 0.3) is 0 Å². The van der Waals surface area contributed by atoms with Crippen LogP contribution in [0.3, 0.4) is 0 Å². The fraction of sp³-hybridized carbons (Fsp3) is 0.750. The zero-order valence-electron chi connectivity index (χ0n) is 9.64. The second-order valence-corrected chi connectivity index (χ2v) is 3.52. The third kappa shape index (κ3) is 6.70. The highest BCUT2D eigenvalue weighted by Gasteiger charge is 2.03. The molecule has 0 fully saturated rings. The van der Waals surface area contributed by atoms with Crippen molar-refractivity contribution in [1.82, 2.24) is 0 Å². The molecule has 0 bridgehead atoms. The molecule has 0 rings (SSSR count). The molecule has 0 aromatic carbocycles. The van der Waals surface area contributed by atoms with Crippen molar-refractivity contribution < 1.29 is 9.53 Å². The number of ether oxygens (including phenoxy) is 1. The standard InChI is InChI=1S/C12H22O2/c1-4-6-8-9-11(3)12(13)14-10-7-5-2/h9H,4-8,10H2,1-3H3/b11-9+. The minimum absolute atomic E-state index is 0.158. The first kappa shape index (κ1) is 13.2. The Bertz CT molecular complexity index is 183. The van der Waals surface area contributed by atoms with Gasteiger partial charge in [-0.25, -0.2) is 4.79 Å². The molecule has 0 radical (unpaired) electrons. The number of esters is 1. The van der Waals surface area contributed by atoms with Gasteiger partial charge in [-0.2, -0.15) is 0 Å². The van der Waals surface area contributed by atoms with Crippen molar-refractivity contribution in [3.63, 3.8) is 0 Å². The third-order valence-corrected chi connectivity index (χ3v) is 2.06. The lowest BCUT2D eigenvalue weighted by molar-refractivity contribution is -0.139. The van der Waals surface area contributed by atoms with E-state index in [4.69, 9.17) is 4.74 Å². The summed E-state index contributed by atoms with van der Waals surface area (Å²) in [6.45, 7) is 6.60. The molecular formula is C12H22O2. The Morgan fingerprint density at radius 1 is 1.21 bits per heavy atom. The first-order chi connectivity index (χ1) is 6.72. The van der Waals surface area contributed by atoms with E-state index in [1.807, 2.05) is 13.0 Å². The summed E-state index contributed by atoms with van der Waals surface area (Å²) in [7, 11) is 0. The fourth-order valence-corrected chi connectivity index (χ4v) is 1.03. The average molecular weight is 198 g/mol. The summed E-state index contributed by atoms with van der Waals surface area (Å²) >= 11 is 0.